The first-order chi connectivity index (χ1) is 8.94. The van der Waals surface area contributed by atoms with Gasteiger partial charge in [0.25, 0.3) is 0 Å². The normalized spacial score (nSPS) is 31.2. The van der Waals surface area contributed by atoms with E-state index in [2.05, 4.69) is 5.32 Å². The Hall–Kier alpha value is -0.660. The van der Waals surface area contributed by atoms with Crippen molar-refractivity contribution in [2.24, 2.45) is 0 Å². The quantitative estimate of drug-likeness (QED) is 0.782. The van der Waals surface area contributed by atoms with Gasteiger partial charge in [0, 0.05) is 18.6 Å². The van der Waals surface area contributed by atoms with Crippen LogP contribution in [0.4, 0.5) is 0 Å². The second-order valence-electron chi connectivity index (χ2n) is 5.40. The molecule has 2 N–H and O–H groups in total. The van der Waals surface area contributed by atoms with Crippen molar-refractivity contribution < 1.29 is 18.3 Å². The topological polar surface area (TPSA) is 86.7 Å². The number of nitrogens with one attached hydrogen (secondary N) is 1. The maximum absolute atomic E-state index is 12.4. The predicted octanol–water partition coefficient (Wildman–Crippen LogP) is 0.396. The van der Waals surface area contributed by atoms with Crippen LogP contribution in [0.5, 0.6) is 0 Å². The summed E-state index contributed by atoms with van der Waals surface area (Å²) < 4.78 is 26.3. The summed E-state index contributed by atoms with van der Waals surface area (Å²) in [5.41, 5.74) is 0. The maximum Gasteiger partial charge on any atom is 0.323 e. The molecule has 2 heterocycles. The Morgan fingerprint density at radius 2 is 2.05 bits per heavy atom. The molecule has 3 atom stereocenters. The predicted molar refractivity (Wildman–Crippen MR) is 71.4 cm³/mol. The number of carboxylic acids is 1. The van der Waals surface area contributed by atoms with Crippen molar-refractivity contribution in [1.82, 2.24) is 9.62 Å². The Kier molecular flexibility index (Phi) is 4.47. The van der Waals surface area contributed by atoms with Crippen LogP contribution < -0.4 is 5.32 Å². The number of hydrogen-bond acceptors (Lipinski definition) is 4. The number of piperidine rings is 1. The molecule has 0 aromatic heterocycles. The van der Waals surface area contributed by atoms with Crippen LogP contribution >= 0.6 is 0 Å². The third-order valence-electron chi connectivity index (χ3n) is 4.18. The van der Waals surface area contributed by atoms with E-state index in [1.165, 1.54) is 11.2 Å². The highest BCUT2D eigenvalue weighted by Gasteiger charge is 2.42. The minimum absolute atomic E-state index is 0.0805. The number of sulfonamides is 1. The van der Waals surface area contributed by atoms with Crippen LogP contribution in [0.1, 0.15) is 39.0 Å². The second kappa shape index (κ2) is 5.76. The molecule has 3 unspecified atom stereocenters. The summed E-state index contributed by atoms with van der Waals surface area (Å²) in [4.78, 5) is 11.0. The molecule has 0 amide bonds. The Morgan fingerprint density at radius 1 is 1.32 bits per heavy atom. The lowest BCUT2D eigenvalue weighted by Gasteiger charge is -2.39. The third kappa shape index (κ3) is 2.93. The molecular weight excluding hydrogens is 268 g/mol. The molecule has 0 spiro atoms. The number of aliphatic carboxylic acids is 1. The van der Waals surface area contributed by atoms with E-state index < -0.39 is 21.2 Å². The van der Waals surface area contributed by atoms with Crippen LogP contribution in [0.3, 0.4) is 0 Å². The van der Waals surface area contributed by atoms with Crippen LogP contribution in [0.2, 0.25) is 0 Å². The molecule has 2 saturated heterocycles. The van der Waals surface area contributed by atoms with Gasteiger partial charge in [-0.3, -0.25) is 4.79 Å². The number of rotatable bonds is 4. The average molecular weight is 290 g/mol. The molecular formula is C12H22N2O4S. The molecule has 2 rings (SSSR count). The number of hydrogen-bond donors (Lipinski definition) is 2. The fourth-order valence-electron chi connectivity index (χ4n) is 3.02. The van der Waals surface area contributed by atoms with E-state index in [9.17, 15) is 13.2 Å². The summed E-state index contributed by atoms with van der Waals surface area (Å²) >= 11 is 0. The Morgan fingerprint density at radius 3 is 2.63 bits per heavy atom. The van der Waals surface area contributed by atoms with Crippen LogP contribution in [-0.4, -0.2) is 54.2 Å². The van der Waals surface area contributed by atoms with E-state index in [1.807, 2.05) is 0 Å². The first kappa shape index (κ1) is 14.7. The van der Waals surface area contributed by atoms with Gasteiger partial charge in [-0.25, -0.2) is 8.42 Å². The zero-order chi connectivity index (χ0) is 14.0. The number of nitrogens with zero attached hydrogens (tertiary/aromatic N) is 1. The molecule has 2 fully saturated rings. The standard InChI is InChI=1S/C12H22N2O4S/c1-9(12(15)16)19(17,18)14-8-3-2-6-11(14)10-5-4-7-13-10/h9-11,13H,2-8H2,1H3,(H,15,16). The molecule has 6 nitrogen and oxygen atoms in total. The van der Waals surface area contributed by atoms with Crippen LogP contribution in [-0.2, 0) is 14.8 Å². The van der Waals surface area contributed by atoms with Gasteiger partial charge in [-0.15, -0.1) is 0 Å². The van der Waals surface area contributed by atoms with Gasteiger partial charge in [-0.1, -0.05) is 6.42 Å². The molecule has 110 valence electrons. The molecule has 2 aliphatic heterocycles. The van der Waals surface area contributed by atoms with E-state index in [0.29, 0.717) is 6.54 Å². The van der Waals surface area contributed by atoms with Gasteiger partial charge in [0.1, 0.15) is 0 Å². The Labute approximate surface area is 114 Å². The van der Waals surface area contributed by atoms with Crippen molar-refractivity contribution in [2.45, 2.75) is 56.4 Å². The SMILES string of the molecule is CC(C(=O)O)S(=O)(=O)N1CCCCC1C1CCCN1. The lowest BCUT2D eigenvalue weighted by atomic mass is 9.97. The van der Waals surface area contributed by atoms with Crippen molar-refractivity contribution in [2.75, 3.05) is 13.1 Å². The lowest BCUT2D eigenvalue weighted by molar-refractivity contribution is -0.136. The molecule has 7 heteroatoms. The molecule has 0 bridgehead atoms. The largest absolute Gasteiger partial charge is 0.480 e. The van der Waals surface area contributed by atoms with Gasteiger partial charge in [0.15, 0.2) is 5.25 Å². The molecule has 0 aliphatic carbocycles. The lowest BCUT2D eigenvalue weighted by Crippen LogP contribution is -2.55. The highest BCUT2D eigenvalue weighted by atomic mass is 32.2. The zero-order valence-electron chi connectivity index (χ0n) is 11.2. The van der Waals surface area contributed by atoms with E-state index in [-0.39, 0.29) is 12.1 Å². The van der Waals surface area contributed by atoms with Crippen molar-refractivity contribution in [1.29, 1.82) is 0 Å². The van der Waals surface area contributed by atoms with E-state index in [0.717, 1.165) is 38.6 Å². The maximum atomic E-state index is 12.4. The molecule has 0 radical (unpaired) electrons. The summed E-state index contributed by atoms with van der Waals surface area (Å²) in [5.74, 6) is -1.27. The minimum Gasteiger partial charge on any atom is -0.480 e. The smallest absolute Gasteiger partial charge is 0.323 e. The van der Waals surface area contributed by atoms with Gasteiger partial charge >= 0.3 is 5.97 Å². The number of carbonyl (C=O) groups is 1. The molecule has 0 aromatic rings. The highest BCUT2D eigenvalue weighted by molar-refractivity contribution is 7.90. The molecule has 0 saturated carbocycles. The van der Waals surface area contributed by atoms with Crippen LogP contribution in [0.25, 0.3) is 0 Å². The summed E-state index contributed by atoms with van der Waals surface area (Å²) in [5, 5.41) is 11.0. The first-order valence-electron chi connectivity index (χ1n) is 6.91. The van der Waals surface area contributed by atoms with Gasteiger partial charge in [0.2, 0.25) is 10.0 Å². The van der Waals surface area contributed by atoms with Crippen LogP contribution in [0, 0.1) is 0 Å². The Bertz CT molecular complexity index is 431. The van der Waals surface area contributed by atoms with Crippen molar-refractivity contribution in [3.05, 3.63) is 0 Å². The minimum atomic E-state index is -3.75. The summed E-state index contributed by atoms with van der Waals surface area (Å²) in [7, 11) is -3.75. The summed E-state index contributed by atoms with van der Waals surface area (Å²) in [6, 6.07) is 0.0964. The van der Waals surface area contributed by atoms with Crippen molar-refractivity contribution in [3.8, 4) is 0 Å². The van der Waals surface area contributed by atoms with E-state index >= 15 is 0 Å². The van der Waals surface area contributed by atoms with Crippen molar-refractivity contribution >= 4 is 16.0 Å². The summed E-state index contributed by atoms with van der Waals surface area (Å²) in [6.45, 7) is 2.62. The molecule has 0 aromatic carbocycles. The first-order valence-corrected chi connectivity index (χ1v) is 8.42. The van der Waals surface area contributed by atoms with E-state index in [4.69, 9.17) is 5.11 Å². The fraction of sp³-hybridized carbons (Fsp3) is 0.917. The molecule has 2 aliphatic rings. The van der Waals surface area contributed by atoms with Gasteiger partial charge in [-0.05, 0) is 39.2 Å². The van der Waals surface area contributed by atoms with Gasteiger partial charge in [0.05, 0.1) is 0 Å². The van der Waals surface area contributed by atoms with Crippen LogP contribution in [0.15, 0.2) is 0 Å². The van der Waals surface area contributed by atoms with Crippen molar-refractivity contribution in [3.63, 3.8) is 0 Å². The van der Waals surface area contributed by atoms with E-state index in [1.54, 1.807) is 0 Å². The fourth-order valence-corrected chi connectivity index (χ4v) is 4.69. The van der Waals surface area contributed by atoms with Gasteiger partial charge in [-0.2, -0.15) is 4.31 Å². The second-order valence-corrected chi connectivity index (χ2v) is 7.61. The van der Waals surface area contributed by atoms with Gasteiger partial charge < -0.3 is 10.4 Å². The monoisotopic (exact) mass is 290 g/mol. The number of carboxylic acid groups (broad SMARTS) is 1. The Balaban J connectivity index is 2.21. The molecule has 19 heavy (non-hydrogen) atoms. The highest BCUT2D eigenvalue weighted by Crippen LogP contribution is 2.28. The average Bonchev–Trinajstić information content (AvgIpc) is 2.91. The zero-order valence-corrected chi connectivity index (χ0v) is 12.0. The summed E-state index contributed by atoms with van der Waals surface area (Å²) in [6.07, 6.45) is 4.68. The third-order valence-corrected chi connectivity index (χ3v) is 6.38.